The fourth-order valence-corrected chi connectivity index (χ4v) is 3.31. The number of esters is 1. The average molecular weight is 369 g/mol. The van der Waals surface area contributed by atoms with Crippen LogP contribution in [0.25, 0.3) is 15.2 Å². The van der Waals surface area contributed by atoms with Gasteiger partial charge in [0.15, 0.2) is 11.6 Å². The van der Waals surface area contributed by atoms with Gasteiger partial charge in [-0.15, -0.1) is 12.4 Å². The lowest BCUT2D eigenvalue weighted by atomic mass is 9.93. The van der Waals surface area contributed by atoms with Crippen LogP contribution < -0.4 is 4.74 Å². The number of nitrogens with zero attached hydrogens (tertiary/aromatic N) is 2. The van der Waals surface area contributed by atoms with Gasteiger partial charge in [-0.3, -0.25) is 4.40 Å². The number of thiazole rings is 1. The standard InChI is InChI=1S/C17H20N2O3S.ClH/c1-5-21-15(20)10-22-11-6-7-12-13(8-11)23-16-18-14(9-19(12)16)17(2,3)4;/h6-9H,5,10H2,1-4H3;1H. The van der Waals surface area contributed by atoms with Crippen molar-refractivity contribution in [3.05, 3.63) is 30.1 Å². The summed E-state index contributed by atoms with van der Waals surface area (Å²) in [6, 6.07) is 5.79. The van der Waals surface area contributed by atoms with Crippen molar-refractivity contribution in [2.75, 3.05) is 13.2 Å². The molecular formula is C17H21ClN2O3S. The molecule has 0 fully saturated rings. The molecule has 0 saturated carbocycles. The van der Waals surface area contributed by atoms with E-state index in [-0.39, 0.29) is 30.4 Å². The number of carbonyl (C=O) groups is 1. The van der Waals surface area contributed by atoms with E-state index in [2.05, 4.69) is 31.4 Å². The summed E-state index contributed by atoms with van der Waals surface area (Å²) >= 11 is 1.61. The number of imidazole rings is 1. The Morgan fingerprint density at radius 2 is 2.08 bits per heavy atom. The van der Waals surface area contributed by atoms with E-state index in [4.69, 9.17) is 14.5 Å². The third kappa shape index (κ3) is 3.65. The first kappa shape index (κ1) is 18.5. The van der Waals surface area contributed by atoms with Gasteiger partial charge < -0.3 is 9.47 Å². The number of benzene rings is 1. The van der Waals surface area contributed by atoms with Gasteiger partial charge in [-0.25, -0.2) is 9.78 Å². The Bertz CT molecular complexity index is 864. The number of hydrogen-bond acceptors (Lipinski definition) is 5. The molecule has 0 aliphatic heterocycles. The fourth-order valence-electron chi connectivity index (χ4n) is 2.28. The van der Waals surface area contributed by atoms with Crippen molar-refractivity contribution in [1.29, 1.82) is 0 Å². The van der Waals surface area contributed by atoms with Gasteiger partial charge in [-0.05, 0) is 25.1 Å². The lowest BCUT2D eigenvalue weighted by Crippen LogP contribution is -2.14. The number of fused-ring (bicyclic) bond motifs is 3. The highest BCUT2D eigenvalue weighted by Crippen LogP contribution is 2.32. The molecule has 1 aromatic carbocycles. The van der Waals surface area contributed by atoms with Crippen LogP contribution >= 0.6 is 23.7 Å². The van der Waals surface area contributed by atoms with E-state index >= 15 is 0 Å². The molecule has 24 heavy (non-hydrogen) atoms. The summed E-state index contributed by atoms with van der Waals surface area (Å²) in [5.74, 6) is 0.300. The van der Waals surface area contributed by atoms with Gasteiger partial charge >= 0.3 is 5.97 Å². The molecule has 0 saturated heterocycles. The molecule has 3 aromatic rings. The van der Waals surface area contributed by atoms with Crippen LogP contribution in [0.15, 0.2) is 24.4 Å². The van der Waals surface area contributed by atoms with Crippen LogP contribution in [0.3, 0.4) is 0 Å². The van der Waals surface area contributed by atoms with Crippen molar-refractivity contribution >= 4 is 44.9 Å². The quantitative estimate of drug-likeness (QED) is 0.647. The molecule has 0 spiro atoms. The van der Waals surface area contributed by atoms with Crippen molar-refractivity contribution in [2.45, 2.75) is 33.1 Å². The number of hydrogen-bond donors (Lipinski definition) is 0. The molecule has 0 radical (unpaired) electrons. The molecule has 2 heterocycles. The summed E-state index contributed by atoms with van der Waals surface area (Å²) in [6.07, 6.45) is 2.09. The third-order valence-corrected chi connectivity index (χ3v) is 4.51. The maximum absolute atomic E-state index is 11.4. The van der Waals surface area contributed by atoms with Gasteiger partial charge in [0, 0.05) is 11.6 Å². The third-order valence-electron chi connectivity index (χ3n) is 3.50. The van der Waals surface area contributed by atoms with E-state index in [1.165, 1.54) is 0 Å². The van der Waals surface area contributed by atoms with Crippen LogP contribution in [-0.2, 0) is 14.9 Å². The minimum Gasteiger partial charge on any atom is -0.482 e. The highest BCUT2D eigenvalue weighted by atomic mass is 35.5. The van der Waals surface area contributed by atoms with E-state index < -0.39 is 0 Å². The summed E-state index contributed by atoms with van der Waals surface area (Å²) in [4.78, 5) is 17.0. The summed E-state index contributed by atoms with van der Waals surface area (Å²) in [5, 5.41) is 0. The van der Waals surface area contributed by atoms with Crippen molar-refractivity contribution in [3.63, 3.8) is 0 Å². The molecule has 0 bridgehead atoms. The SMILES string of the molecule is CCOC(=O)COc1ccc2c(c1)sc1nc(C(C)(C)C)cn12.Cl. The van der Waals surface area contributed by atoms with Crippen LogP contribution in [0.4, 0.5) is 0 Å². The largest absolute Gasteiger partial charge is 0.482 e. The second kappa shape index (κ2) is 6.99. The summed E-state index contributed by atoms with van der Waals surface area (Å²) in [5.41, 5.74) is 2.20. The first-order valence-corrected chi connectivity index (χ1v) is 8.40. The number of halogens is 1. The topological polar surface area (TPSA) is 52.8 Å². The number of ether oxygens (including phenoxy) is 2. The number of aromatic nitrogens is 2. The normalized spacial score (nSPS) is 11.5. The highest BCUT2D eigenvalue weighted by Gasteiger charge is 2.19. The molecule has 0 unspecified atom stereocenters. The monoisotopic (exact) mass is 368 g/mol. The zero-order chi connectivity index (χ0) is 16.6. The van der Waals surface area contributed by atoms with Gasteiger partial charge in [-0.2, -0.15) is 0 Å². The van der Waals surface area contributed by atoms with Crippen molar-refractivity contribution < 1.29 is 14.3 Å². The van der Waals surface area contributed by atoms with Gasteiger partial charge in [0.1, 0.15) is 5.75 Å². The summed E-state index contributed by atoms with van der Waals surface area (Å²) in [7, 11) is 0. The Labute approximate surface area is 151 Å². The molecule has 0 aliphatic carbocycles. The van der Waals surface area contributed by atoms with Crippen molar-refractivity contribution in [1.82, 2.24) is 9.38 Å². The van der Waals surface area contributed by atoms with Gasteiger partial charge in [0.05, 0.1) is 22.5 Å². The zero-order valence-electron chi connectivity index (χ0n) is 14.2. The predicted octanol–water partition coefficient (Wildman–Crippen LogP) is 4.21. The van der Waals surface area contributed by atoms with E-state index in [0.717, 1.165) is 20.9 Å². The van der Waals surface area contributed by atoms with Crippen LogP contribution in [-0.4, -0.2) is 28.6 Å². The molecule has 0 amide bonds. The van der Waals surface area contributed by atoms with E-state index in [9.17, 15) is 4.79 Å². The van der Waals surface area contributed by atoms with Crippen molar-refractivity contribution in [2.24, 2.45) is 0 Å². The Kier molecular flexibility index (Phi) is 5.40. The Balaban J connectivity index is 0.00000208. The smallest absolute Gasteiger partial charge is 0.344 e. The van der Waals surface area contributed by atoms with Gasteiger partial charge in [-0.1, -0.05) is 32.1 Å². The Morgan fingerprint density at radius 3 is 2.75 bits per heavy atom. The summed E-state index contributed by atoms with van der Waals surface area (Å²) in [6.45, 7) is 8.53. The molecule has 0 atom stereocenters. The first-order chi connectivity index (χ1) is 10.9. The molecule has 3 rings (SSSR count). The van der Waals surface area contributed by atoms with Gasteiger partial charge in [0.2, 0.25) is 0 Å². The molecular weight excluding hydrogens is 348 g/mol. The number of carbonyl (C=O) groups excluding carboxylic acids is 1. The first-order valence-electron chi connectivity index (χ1n) is 7.59. The van der Waals surface area contributed by atoms with Crippen LogP contribution in [0.1, 0.15) is 33.4 Å². The Hall–Kier alpha value is -1.79. The second-order valence-corrected chi connectivity index (χ2v) is 7.36. The van der Waals surface area contributed by atoms with Crippen LogP contribution in [0.2, 0.25) is 0 Å². The lowest BCUT2D eigenvalue weighted by molar-refractivity contribution is -0.145. The summed E-state index contributed by atoms with van der Waals surface area (Å²) < 4.78 is 13.5. The van der Waals surface area contributed by atoms with Crippen LogP contribution in [0, 0.1) is 0 Å². The predicted molar refractivity (Wildman–Crippen MR) is 98.7 cm³/mol. The molecule has 0 aliphatic rings. The average Bonchev–Trinajstić information content (AvgIpc) is 3.02. The molecule has 2 aromatic heterocycles. The molecule has 7 heteroatoms. The minimum atomic E-state index is -0.358. The van der Waals surface area contributed by atoms with Crippen LogP contribution in [0.5, 0.6) is 5.75 Å². The molecule has 0 N–H and O–H groups in total. The van der Waals surface area contributed by atoms with Crippen molar-refractivity contribution in [3.8, 4) is 5.75 Å². The van der Waals surface area contributed by atoms with E-state index in [1.807, 2.05) is 18.2 Å². The van der Waals surface area contributed by atoms with Gasteiger partial charge in [0.25, 0.3) is 0 Å². The lowest BCUT2D eigenvalue weighted by Gasteiger charge is -2.13. The molecule has 130 valence electrons. The second-order valence-electron chi connectivity index (χ2n) is 6.35. The Morgan fingerprint density at radius 1 is 1.33 bits per heavy atom. The van der Waals surface area contributed by atoms with E-state index in [0.29, 0.717) is 12.4 Å². The zero-order valence-corrected chi connectivity index (χ0v) is 15.8. The number of rotatable bonds is 4. The van der Waals surface area contributed by atoms with E-state index in [1.54, 1.807) is 18.3 Å². The molecule has 5 nitrogen and oxygen atoms in total. The maximum atomic E-state index is 11.4. The minimum absolute atomic E-state index is 0. The maximum Gasteiger partial charge on any atom is 0.344 e. The highest BCUT2D eigenvalue weighted by molar-refractivity contribution is 7.23. The fraction of sp³-hybridized carbons (Fsp3) is 0.412.